The second kappa shape index (κ2) is 11.3. The van der Waals surface area contributed by atoms with Gasteiger partial charge in [-0.2, -0.15) is 5.10 Å². The van der Waals surface area contributed by atoms with E-state index in [0.29, 0.717) is 17.1 Å². The first-order chi connectivity index (χ1) is 18.0. The van der Waals surface area contributed by atoms with Crippen molar-refractivity contribution in [2.45, 2.75) is 33.7 Å². The number of aromatic nitrogens is 4. The van der Waals surface area contributed by atoms with Gasteiger partial charge in [0.15, 0.2) is 0 Å². The van der Waals surface area contributed by atoms with Crippen molar-refractivity contribution in [2.75, 3.05) is 44.6 Å². The average Bonchev–Trinajstić information content (AvgIpc) is 3.36. The maximum Gasteiger partial charge on any atom is 0.259 e. The topological polar surface area (TPSA) is 82.1 Å². The molecule has 0 bridgehead atoms. The number of H-pyrrole nitrogens is 1. The largest absolute Gasteiger partial charge is 0.340 e. The van der Waals surface area contributed by atoms with Crippen molar-refractivity contribution < 1.29 is 0 Å². The van der Waals surface area contributed by atoms with Crippen molar-refractivity contribution in [1.29, 1.82) is 0 Å². The van der Waals surface area contributed by atoms with Crippen LogP contribution in [0.1, 0.15) is 26.3 Å². The van der Waals surface area contributed by atoms with Gasteiger partial charge in [-0.25, -0.2) is 4.98 Å². The summed E-state index contributed by atoms with van der Waals surface area (Å²) in [5.74, 6) is 1.05. The fraction of sp³-hybridized carbons (Fsp3) is 0.414. The zero-order valence-electron chi connectivity index (χ0n) is 22.1. The zero-order chi connectivity index (χ0) is 25.8. The van der Waals surface area contributed by atoms with Crippen LogP contribution >= 0.6 is 0 Å². The first kappa shape index (κ1) is 25.2. The summed E-state index contributed by atoms with van der Waals surface area (Å²) in [6.45, 7) is 14.3. The van der Waals surface area contributed by atoms with Crippen molar-refractivity contribution in [2.24, 2.45) is 5.92 Å². The van der Waals surface area contributed by atoms with Gasteiger partial charge >= 0.3 is 0 Å². The number of nitrogens with zero attached hydrogens (tertiary/aromatic N) is 5. The van der Waals surface area contributed by atoms with Crippen LogP contribution < -0.4 is 10.9 Å². The molecule has 0 amide bonds. The number of piperazine rings is 1. The molecule has 37 heavy (non-hydrogen) atoms. The van der Waals surface area contributed by atoms with E-state index in [4.69, 9.17) is 4.98 Å². The first-order valence-corrected chi connectivity index (χ1v) is 13.3. The highest BCUT2D eigenvalue weighted by Gasteiger charge is 2.15. The minimum absolute atomic E-state index is 0.158. The highest BCUT2D eigenvalue weighted by Crippen LogP contribution is 2.28. The van der Waals surface area contributed by atoms with E-state index in [1.807, 2.05) is 29.2 Å². The van der Waals surface area contributed by atoms with E-state index in [1.54, 1.807) is 6.20 Å². The van der Waals surface area contributed by atoms with Gasteiger partial charge in [-0.3, -0.25) is 9.48 Å². The fourth-order valence-electron chi connectivity index (χ4n) is 4.93. The third-order valence-electron chi connectivity index (χ3n) is 7.08. The van der Waals surface area contributed by atoms with Crippen LogP contribution in [-0.2, 0) is 13.0 Å². The molecule has 1 aromatic carbocycles. The van der Waals surface area contributed by atoms with Crippen LogP contribution in [0.15, 0.2) is 59.8 Å². The number of benzene rings is 1. The van der Waals surface area contributed by atoms with E-state index in [0.717, 1.165) is 74.6 Å². The lowest BCUT2D eigenvalue weighted by atomic mass is 10.1. The summed E-state index contributed by atoms with van der Waals surface area (Å²) < 4.78 is 1.94. The van der Waals surface area contributed by atoms with E-state index < -0.39 is 0 Å². The number of hydrogen-bond acceptors (Lipinski definition) is 6. The summed E-state index contributed by atoms with van der Waals surface area (Å²) in [4.78, 5) is 25.4. The molecule has 1 fully saturated rings. The maximum absolute atomic E-state index is 12.7. The maximum atomic E-state index is 12.7. The summed E-state index contributed by atoms with van der Waals surface area (Å²) in [5, 5.41) is 9.29. The third kappa shape index (κ3) is 6.09. The lowest BCUT2D eigenvalue weighted by molar-refractivity contribution is 0.138. The summed E-state index contributed by atoms with van der Waals surface area (Å²) in [6, 6.07) is 12.3. The molecule has 0 saturated carbocycles. The molecular formula is C29H37N7O. The third-order valence-corrected chi connectivity index (χ3v) is 7.08. The lowest BCUT2D eigenvalue weighted by Crippen LogP contribution is -2.46. The minimum Gasteiger partial charge on any atom is -0.340 e. The Morgan fingerprint density at radius 2 is 1.81 bits per heavy atom. The van der Waals surface area contributed by atoms with Crippen molar-refractivity contribution in [3.63, 3.8) is 0 Å². The Morgan fingerprint density at radius 3 is 2.54 bits per heavy atom. The molecule has 8 heteroatoms. The summed E-state index contributed by atoms with van der Waals surface area (Å²) in [6.07, 6.45) is 6.56. The molecule has 0 spiro atoms. The zero-order valence-corrected chi connectivity index (χ0v) is 22.1. The molecule has 4 heterocycles. The smallest absolute Gasteiger partial charge is 0.259 e. The highest BCUT2D eigenvalue weighted by molar-refractivity contribution is 5.95. The molecule has 0 aliphatic carbocycles. The molecule has 3 aromatic heterocycles. The first-order valence-electron chi connectivity index (χ1n) is 13.3. The molecule has 5 rings (SSSR count). The molecule has 0 unspecified atom stereocenters. The van der Waals surface area contributed by atoms with E-state index in [9.17, 15) is 4.79 Å². The van der Waals surface area contributed by atoms with Gasteiger partial charge in [0, 0.05) is 62.9 Å². The Labute approximate surface area is 218 Å². The van der Waals surface area contributed by atoms with Crippen LogP contribution in [0.5, 0.6) is 0 Å². The summed E-state index contributed by atoms with van der Waals surface area (Å²) in [5.41, 5.74) is 3.78. The van der Waals surface area contributed by atoms with E-state index in [-0.39, 0.29) is 5.56 Å². The standard InChI is InChI=1S/C29H37N7O/c1-4-34-13-15-35(16-14-34)12-10-22-5-7-25(8-6-22)32-28-27-23(9-11-30-29(27)37)17-26(33-28)24-18-31-36(20-24)19-21(2)3/h5-9,11,17-18,20-21H,4,10,12-16,19H2,1-3H3,(H,30,37)(H,32,33). The van der Waals surface area contributed by atoms with Crippen LogP contribution in [0.2, 0.25) is 0 Å². The minimum atomic E-state index is -0.158. The molecule has 1 saturated heterocycles. The normalized spacial score (nSPS) is 15.0. The van der Waals surface area contributed by atoms with Crippen LogP contribution in [-0.4, -0.2) is 68.8 Å². The van der Waals surface area contributed by atoms with Gasteiger partial charge < -0.3 is 20.1 Å². The van der Waals surface area contributed by atoms with E-state index in [2.05, 4.69) is 70.2 Å². The van der Waals surface area contributed by atoms with E-state index in [1.165, 1.54) is 5.56 Å². The van der Waals surface area contributed by atoms with Gasteiger partial charge in [0.05, 0.1) is 17.3 Å². The molecule has 0 radical (unpaired) electrons. The molecule has 1 aliphatic heterocycles. The monoisotopic (exact) mass is 499 g/mol. The Balaban J connectivity index is 1.33. The number of anilines is 2. The predicted octanol–water partition coefficient (Wildman–Crippen LogP) is 4.37. The van der Waals surface area contributed by atoms with Gasteiger partial charge in [-0.05, 0) is 54.1 Å². The number of nitrogens with one attached hydrogen (secondary N) is 2. The van der Waals surface area contributed by atoms with Crippen molar-refractivity contribution >= 4 is 22.3 Å². The van der Waals surface area contributed by atoms with Gasteiger partial charge in [0.1, 0.15) is 5.82 Å². The van der Waals surface area contributed by atoms with Gasteiger partial charge in [-0.15, -0.1) is 0 Å². The SMILES string of the molecule is CCN1CCN(CCc2ccc(Nc3nc(-c4cnn(CC(C)C)c4)cc4cc[nH]c(=O)c34)cc2)CC1. The Bertz CT molecular complexity index is 1380. The molecule has 0 atom stereocenters. The Hall–Kier alpha value is -3.49. The number of hydrogen-bond donors (Lipinski definition) is 2. The van der Waals surface area contributed by atoms with Crippen LogP contribution in [0.25, 0.3) is 22.0 Å². The summed E-state index contributed by atoms with van der Waals surface area (Å²) in [7, 11) is 0. The van der Waals surface area contributed by atoms with Crippen molar-refractivity contribution in [3.05, 3.63) is 70.9 Å². The Morgan fingerprint density at radius 1 is 1.05 bits per heavy atom. The molecule has 1 aliphatic rings. The van der Waals surface area contributed by atoms with Crippen molar-refractivity contribution in [1.82, 2.24) is 29.5 Å². The summed E-state index contributed by atoms with van der Waals surface area (Å²) >= 11 is 0. The van der Waals surface area contributed by atoms with Gasteiger partial charge in [0.25, 0.3) is 5.56 Å². The van der Waals surface area contributed by atoms with Crippen LogP contribution in [0.3, 0.4) is 0 Å². The van der Waals surface area contributed by atoms with Crippen LogP contribution in [0.4, 0.5) is 11.5 Å². The fourth-order valence-corrected chi connectivity index (χ4v) is 4.93. The lowest BCUT2D eigenvalue weighted by Gasteiger charge is -2.34. The van der Waals surface area contributed by atoms with E-state index >= 15 is 0 Å². The Kier molecular flexibility index (Phi) is 7.67. The molecule has 8 nitrogen and oxygen atoms in total. The molecular weight excluding hydrogens is 462 g/mol. The number of aromatic amines is 1. The quantitative estimate of drug-likeness (QED) is 0.356. The second-order valence-electron chi connectivity index (χ2n) is 10.3. The molecule has 194 valence electrons. The number of likely N-dealkylation sites (N-methyl/N-ethyl adjacent to an activating group) is 1. The number of rotatable bonds is 9. The number of pyridine rings is 2. The molecule has 2 N–H and O–H groups in total. The second-order valence-corrected chi connectivity index (χ2v) is 10.3. The van der Waals surface area contributed by atoms with Crippen molar-refractivity contribution in [3.8, 4) is 11.3 Å². The van der Waals surface area contributed by atoms with Gasteiger partial charge in [-0.1, -0.05) is 32.9 Å². The number of fused-ring (bicyclic) bond motifs is 1. The van der Waals surface area contributed by atoms with Gasteiger partial charge in [0.2, 0.25) is 0 Å². The molecule has 4 aromatic rings. The van der Waals surface area contributed by atoms with Crippen LogP contribution in [0, 0.1) is 5.92 Å². The average molecular weight is 500 g/mol. The highest BCUT2D eigenvalue weighted by atomic mass is 16.1. The predicted molar refractivity (Wildman–Crippen MR) is 150 cm³/mol.